The van der Waals surface area contributed by atoms with Crippen LogP contribution in [0.25, 0.3) is 80.7 Å². The Labute approximate surface area is 311 Å². The second kappa shape index (κ2) is 11.9. The van der Waals surface area contributed by atoms with Crippen molar-refractivity contribution in [1.82, 2.24) is 4.57 Å². The summed E-state index contributed by atoms with van der Waals surface area (Å²) in [6.45, 7) is 0. The van der Waals surface area contributed by atoms with Gasteiger partial charge in [-0.2, -0.15) is 0 Å². The van der Waals surface area contributed by atoms with Crippen molar-refractivity contribution >= 4 is 81.1 Å². The molecule has 0 bridgehead atoms. The average Bonchev–Trinajstić information content (AvgIpc) is 3.77. The Morgan fingerprint density at radius 2 is 0.849 bits per heavy atom. The van der Waals surface area contributed by atoms with E-state index in [-0.39, 0.29) is 0 Å². The number of thiophene rings is 1. The first kappa shape index (κ1) is 30.0. The first-order chi connectivity index (χ1) is 26.3. The van der Waals surface area contributed by atoms with E-state index in [1.807, 2.05) is 11.3 Å². The highest BCUT2D eigenvalue weighted by Crippen LogP contribution is 2.44. The first-order valence-corrected chi connectivity index (χ1v) is 18.9. The summed E-state index contributed by atoms with van der Waals surface area (Å²) in [6, 6.07) is 70.9. The Morgan fingerprint density at radius 3 is 1.43 bits per heavy atom. The maximum absolute atomic E-state index is 2.45. The Morgan fingerprint density at radius 1 is 0.358 bits per heavy atom. The molecular weight excluding hydrogens is 661 g/mol. The summed E-state index contributed by atoms with van der Waals surface area (Å²) in [6.07, 6.45) is 0. The van der Waals surface area contributed by atoms with E-state index in [0.29, 0.717) is 0 Å². The summed E-state index contributed by atoms with van der Waals surface area (Å²) in [5.74, 6) is 0. The van der Waals surface area contributed by atoms with Gasteiger partial charge in [-0.15, -0.1) is 11.3 Å². The molecule has 9 aromatic carbocycles. The number of hydrogen-bond donors (Lipinski definition) is 0. The Kier molecular flexibility index (Phi) is 6.76. The number of aromatic nitrogens is 1. The predicted molar refractivity (Wildman–Crippen MR) is 228 cm³/mol. The van der Waals surface area contributed by atoms with Crippen LogP contribution in [0.5, 0.6) is 0 Å². The highest BCUT2D eigenvalue weighted by atomic mass is 32.1. The molecule has 0 saturated carbocycles. The van der Waals surface area contributed by atoms with Gasteiger partial charge in [0.2, 0.25) is 0 Å². The van der Waals surface area contributed by atoms with E-state index >= 15 is 0 Å². The zero-order chi connectivity index (χ0) is 34.9. The van der Waals surface area contributed by atoms with Crippen LogP contribution in [0, 0.1) is 0 Å². The van der Waals surface area contributed by atoms with Gasteiger partial charge in [0, 0.05) is 53.7 Å². The number of benzene rings is 9. The van der Waals surface area contributed by atoms with Gasteiger partial charge < -0.3 is 9.47 Å². The minimum atomic E-state index is 1.12. The molecule has 11 aromatic rings. The van der Waals surface area contributed by atoms with Gasteiger partial charge >= 0.3 is 0 Å². The van der Waals surface area contributed by atoms with Crippen molar-refractivity contribution in [3.63, 3.8) is 0 Å². The van der Waals surface area contributed by atoms with Crippen LogP contribution in [0.4, 0.5) is 17.1 Å². The van der Waals surface area contributed by atoms with Crippen molar-refractivity contribution in [2.75, 3.05) is 4.90 Å². The Hall–Kier alpha value is -6.68. The van der Waals surface area contributed by atoms with Crippen molar-refractivity contribution in [2.24, 2.45) is 0 Å². The van der Waals surface area contributed by atoms with E-state index in [9.17, 15) is 0 Å². The number of nitrogens with zero attached hydrogens (tertiary/aromatic N) is 2. The molecule has 0 atom stereocenters. The van der Waals surface area contributed by atoms with Crippen molar-refractivity contribution in [3.8, 4) is 27.9 Å². The number of fused-ring (bicyclic) bond motifs is 3. The molecule has 11 rings (SSSR count). The van der Waals surface area contributed by atoms with Gasteiger partial charge in [-0.05, 0) is 93.7 Å². The molecular formula is C50H32N2S. The van der Waals surface area contributed by atoms with Gasteiger partial charge in [0.25, 0.3) is 0 Å². The van der Waals surface area contributed by atoms with Gasteiger partial charge in [-0.25, -0.2) is 0 Å². The van der Waals surface area contributed by atoms with Crippen LogP contribution in [0.15, 0.2) is 194 Å². The Bertz CT molecular complexity index is 2970. The fraction of sp³-hybridized carbons (Fsp3) is 0. The molecule has 0 fully saturated rings. The van der Waals surface area contributed by atoms with E-state index < -0.39 is 0 Å². The van der Waals surface area contributed by atoms with E-state index in [1.54, 1.807) is 0 Å². The third-order valence-electron chi connectivity index (χ3n) is 10.7. The molecule has 0 N–H and O–H groups in total. The fourth-order valence-corrected chi connectivity index (χ4v) is 9.46. The Balaban J connectivity index is 1.07. The van der Waals surface area contributed by atoms with Crippen molar-refractivity contribution in [2.45, 2.75) is 0 Å². The third-order valence-corrected chi connectivity index (χ3v) is 11.8. The van der Waals surface area contributed by atoms with Gasteiger partial charge in [0.05, 0.1) is 11.0 Å². The largest absolute Gasteiger partial charge is 0.310 e. The topological polar surface area (TPSA) is 8.17 Å². The lowest BCUT2D eigenvalue weighted by Crippen LogP contribution is -2.10. The summed E-state index contributed by atoms with van der Waals surface area (Å²) in [7, 11) is 0. The van der Waals surface area contributed by atoms with Crippen LogP contribution in [-0.4, -0.2) is 4.57 Å². The molecule has 0 aliphatic heterocycles. The summed E-state index contributed by atoms with van der Waals surface area (Å²) in [5.41, 5.74) is 11.9. The van der Waals surface area contributed by atoms with Crippen LogP contribution in [0.2, 0.25) is 0 Å². The average molecular weight is 693 g/mol. The molecule has 0 spiro atoms. The van der Waals surface area contributed by atoms with Gasteiger partial charge in [-0.1, -0.05) is 133 Å². The molecule has 0 amide bonds. The number of rotatable bonds is 6. The van der Waals surface area contributed by atoms with Crippen LogP contribution < -0.4 is 4.90 Å². The normalized spacial score (nSPS) is 11.8. The van der Waals surface area contributed by atoms with E-state index in [0.717, 1.165) is 17.1 Å². The van der Waals surface area contributed by atoms with Crippen LogP contribution in [0.1, 0.15) is 0 Å². The van der Waals surface area contributed by atoms with Crippen molar-refractivity contribution in [1.29, 1.82) is 0 Å². The van der Waals surface area contributed by atoms with E-state index in [1.165, 1.54) is 80.7 Å². The van der Waals surface area contributed by atoms with E-state index in [4.69, 9.17) is 0 Å². The molecule has 2 heterocycles. The van der Waals surface area contributed by atoms with Crippen LogP contribution in [-0.2, 0) is 0 Å². The second-order valence-electron chi connectivity index (χ2n) is 13.8. The van der Waals surface area contributed by atoms with Crippen LogP contribution in [0.3, 0.4) is 0 Å². The number of anilines is 3. The predicted octanol–water partition coefficient (Wildman–Crippen LogP) is 14.5. The zero-order valence-electron chi connectivity index (χ0n) is 28.8. The smallest absolute Gasteiger partial charge is 0.0547 e. The monoisotopic (exact) mass is 692 g/mol. The van der Waals surface area contributed by atoms with E-state index in [2.05, 4.69) is 204 Å². The summed E-state index contributed by atoms with van der Waals surface area (Å²) in [5, 5.41) is 7.83. The lowest BCUT2D eigenvalue weighted by atomic mass is 10.0. The van der Waals surface area contributed by atoms with Crippen LogP contribution >= 0.6 is 11.3 Å². The molecule has 3 heteroatoms. The molecule has 248 valence electrons. The molecule has 0 saturated heterocycles. The highest BCUT2D eigenvalue weighted by molar-refractivity contribution is 7.25. The lowest BCUT2D eigenvalue weighted by molar-refractivity contribution is 1.19. The molecule has 0 unspecified atom stereocenters. The van der Waals surface area contributed by atoms with Gasteiger partial charge in [0.1, 0.15) is 0 Å². The first-order valence-electron chi connectivity index (χ1n) is 18.1. The second-order valence-corrected chi connectivity index (χ2v) is 14.9. The van der Waals surface area contributed by atoms with Gasteiger partial charge in [-0.3, -0.25) is 0 Å². The quantitative estimate of drug-likeness (QED) is 0.158. The summed E-state index contributed by atoms with van der Waals surface area (Å²) in [4.78, 5) is 2.40. The summed E-state index contributed by atoms with van der Waals surface area (Å²) >= 11 is 1.87. The fourth-order valence-electron chi connectivity index (χ4n) is 8.29. The molecule has 53 heavy (non-hydrogen) atoms. The molecule has 0 aliphatic carbocycles. The standard InChI is InChI=1S/C50H32N2S/c1-3-11-33(12-4-1)37-17-7-19-39(29-37)51(40-20-8-18-38(30-40)34-13-5-2-6-14-34)41-25-27-43-44-28-26-42(32-48(44)53-47(43)31-41)52-45-21-9-15-35-23-24-36-16-10-22-46(52)50(36)49(35)45/h1-32H. The SMILES string of the molecule is c1ccc(-c2cccc(N(c3cccc(-c4ccccc4)c3)c3ccc4c(c3)sc3cc(-n5c6cccc7ccc8cccc5c8c76)ccc34)c2)cc1. The lowest BCUT2D eigenvalue weighted by Gasteiger charge is -2.26. The minimum Gasteiger partial charge on any atom is -0.310 e. The van der Waals surface area contributed by atoms with Crippen molar-refractivity contribution < 1.29 is 0 Å². The summed E-state index contributed by atoms with van der Waals surface area (Å²) < 4.78 is 5.00. The highest BCUT2D eigenvalue weighted by Gasteiger charge is 2.19. The minimum absolute atomic E-state index is 1.12. The maximum atomic E-state index is 2.45. The molecule has 2 aromatic heterocycles. The zero-order valence-corrected chi connectivity index (χ0v) is 29.6. The molecule has 0 radical (unpaired) electrons. The van der Waals surface area contributed by atoms with Crippen molar-refractivity contribution in [3.05, 3.63) is 194 Å². The van der Waals surface area contributed by atoms with Gasteiger partial charge in [0.15, 0.2) is 0 Å². The third kappa shape index (κ3) is 4.86. The molecule has 0 aliphatic rings. The molecule has 2 nitrogen and oxygen atoms in total. The number of hydrogen-bond acceptors (Lipinski definition) is 2. The maximum Gasteiger partial charge on any atom is 0.0547 e.